The molecule has 1 atom stereocenters. The van der Waals surface area contributed by atoms with E-state index in [1.54, 1.807) is 0 Å². The predicted octanol–water partition coefficient (Wildman–Crippen LogP) is 3.95. The Kier molecular flexibility index (Phi) is 5.23. The molecule has 1 aliphatic heterocycles. The van der Waals surface area contributed by atoms with Crippen molar-refractivity contribution in [2.24, 2.45) is 5.92 Å². The summed E-state index contributed by atoms with van der Waals surface area (Å²) in [6, 6.07) is 10.7. The number of hydrogen-bond acceptors (Lipinski definition) is 1. The number of hydrogen-bond donors (Lipinski definition) is 0. The van der Waals surface area contributed by atoms with Gasteiger partial charge in [0.15, 0.2) is 0 Å². The number of rotatable bonds is 1. The maximum Gasteiger partial charge on any atom is 0.0366 e. The van der Waals surface area contributed by atoms with Gasteiger partial charge in [-0.2, -0.15) is 0 Å². The van der Waals surface area contributed by atoms with Crippen molar-refractivity contribution in [2.75, 3.05) is 18.0 Å². The van der Waals surface area contributed by atoms with Gasteiger partial charge in [-0.05, 0) is 30.9 Å². The van der Waals surface area contributed by atoms with Gasteiger partial charge in [-0.15, -0.1) is 0 Å². The summed E-state index contributed by atoms with van der Waals surface area (Å²) in [6.45, 7) is 8.80. The van der Waals surface area contributed by atoms with Crippen molar-refractivity contribution in [3.8, 4) is 0 Å². The molecule has 1 saturated heterocycles. The number of benzene rings is 1. The van der Waals surface area contributed by atoms with Gasteiger partial charge in [-0.25, -0.2) is 0 Å². The van der Waals surface area contributed by atoms with Gasteiger partial charge in [0.05, 0.1) is 0 Å². The van der Waals surface area contributed by atoms with Crippen LogP contribution in [0.4, 0.5) is 5.69 Å². The Bertz CT molecular complexity index is 255. The van der Waals surface area contributed by atoms with Crippen LogP contribution in [0, 0.1) is 5.92 Å². The van der Waals surface area contributed by atoms with Gasteiger partial charge in [0.1, 0.15) is 0 Å². The Morgan fingerprint density at radius 3 is 2.40 bits per heavy atom. The van der Waals surface area contributed by atoms with Gasteiger partial charge >= 0.3 is 0 Å². The molecule has 1 aliphatic rings. The molecule has 0 amide bonds. The van der Waals surface area contributed by atoms with Gasteiger partial charge < -0.3 is 4.90 Å². The van der Waals surface area contributed by atoms with Gasteiger partial charge in [-0.1, -0.05) is 39.0 Å². The lowest BCUT2D eigenvalue weighted by Crippen LogP contribution is -2.34. The minimum absolute atomic E-state index is 0.856. The molecular formula is C14H23N. The molecule has 15 heavy (non-hydrogen) atoms. The standard InChI is InChI=1S/C12H17N.C2H6/c1-11-6-5-9-13(10-11)12-7-3-2-4-8-12;1-2/h2-4,7-8,11H,5-6,9-10H2,1H3;1-2H3. The number of nitrogens with zero attached hydrogens (tertiary/aromatic N) is 1. The van der Waals surface area contributed by atoms with Crippen molar-refractivity contribution >= 4 is 5.69 Å². The summed E-state index contributed by atoms with van der Waals surface area (Å²) in [5, 5.41) is 0. The van der Waals surface area contributed by atoms with Crippen molar-refractivity contribution in [2.45, 2.75) is 33.6 Å². The lowest BCUT2D eigenvalue weighted by Gasteiger charge is -2.32. The molecule has 1 fully saturated rings. The van der Waals surface area contributed by atoms with Crippen LogP contribution < -0.4 is 4.90 Å². The van der Waals surface area contributed by atoms with Crippen LogP contribution in [0.25, 0.3) is 0 Å². The molecule has 0 N–H and O–H groups in total. The second-order valence-corrected chi connectivity index (χ2v) is 4.03. The minimum atomic E-state index is 0.856. The first-order valence-corrected chi connectivity index (χ1v) is 6.16. The van der Waals surface area contributed by atoms with E-state index in [1.165, 1.54) is 31.6 Å². The third-order valence-electron chi connectivity index (χ3n) is 2.78. The summed E-state index contributed by atoms with van der Waals surface area (Å²) in [6.07, 6.45) is 2.74. The molecule has 0 aliphatic carbocycles. The highest BCUT2D eigenvalue weighted by Gasteiger charge is 2.15. The van der Waals surface area contributed by atoms with E-state index < -0.39 is 0 Å². The fraction of sp³-hybridized carbons (Fsp3) is 0.571. The van der Waals surface area contributed by atoms with E-state index in [2.05, 4.69) is 42.2 Å². The van der Waals surface area contributed by atoms with E-state index in [9.17, 15) is 0 Å². The number of piperidine rings is 1. The summed E-state index contributed by atoms with van der Waals surface area (Å²) >= 11 is 0. The largest absolute Gasteiger partial charge is 0.371 e. The second kappa shape index (κ2) is 6.49. The summed E-state index contributed by atoms with van der Waals surface area (Å²) in [7, 11) is 0. The van der Waals surface area contributed by atoms with Crippen LogP contribution in [0.15, 0.2) is 30.3 Å². The molecule has 1 heterocycles. The summed E-state index contributed by atoms with van der Waals surface area (Å²) in [4.78, 5) is 2.49. The van der Waals surface area contributed by atoms with Crippen molar-refractivity contribution in [3.63, 3.8) is 0 Å². The zero-order valence-electron chi connectivity index (χ0n) is 10.2. The van der Waals surface area contributed by atoms with Gasteiger partial charge in [-0.3, -0.25) is 0 Å². The monoisotopic (exact) mass is 205 g/mol. The molecule has 84 valence electrons. The maximum atomic E-state index is 2.49. The van der Waals surface area contributed by atoms with Crippen LogP contribution in [0.5, 0.6) is 0 Å². The molecule has 1 aromatic rings. The normalized spacial score (nSPS) is 20.5. The lowest BCUT2D eigenvalue weighted by atomic mass is 10.00. The Morgan fingerprint density at radius 2 is 1.80 bits per heavy atom. The Morgan fingerprint density at radius 1 is 1.13 bits per heavy atom. The first kappa shape index (κ1) is 12.1. The molecule has 0 radical (unpaired) electrons. The van der Waals surface area contributed by atoms with Gasteiger partial charge in [0, 0.05) is 18.8 Å². The second-order valence-electron chi connectivity index (χ2n) is 4.03. The summed E-state index contributed by atoms with van der Waals surface area (Å²) in [5.74, 6) is 0.856. The van der Waals surface area contributed by atoms with Gasteiger partial charge in [0.2, 0.25) is 0 Å². The summed E-state index contributed by atoms with van der Waals surface area (Å²) < 4.78 is 0. The highest BCUT2D eigenvalue weighted by molar-refractivity contribution is 5.46. The van der Waals surface area contributed by atoms with E-state index in [4.69, 9.17) is 0 Å². The van der Waals surface area contributed by atoms with Crippen molar-refractivity contribution < 1.29 is 0 Å². The SMILES string of the molecule is CC.CC1CCCN(c2ccccc2)C1. The van der Waals surface area contributed by atoms with Crippen molar-refractivity contribution in [1.29, 1.82) is 0 Å². The Labute approximate surface area is 94.1 Å². The highest BCUT2D eigenvalue weighted by atomic mass is 15.1. The zero-order chi connectivity index (χ0) is 11.1. The molecule has 1 unspecified atom stereocenters. The topological polar surface area (TPSA) is 3.24 Å². The van der Waals surface area contributed by atoms with Crippen LogP contribution in [-0.2, 0) is 0 Å². The van der Waals surface area contributed by atoms with E-state index >= 15 is 0 Å². The van der Waals surface area contributed by atoms with E-state index in [-0.39, 0.29) is 0 Å². The highest BCUT2D eigenvalue weighted by Crippen LogP contribution is 2.21. The predicted molar refractivity (Wildman–Crippen MR) is 68.4 cm³/mol. The molecule has 1 heteroatoms. The first-order valence-electron chi connectivity index (χ1n) is 6.16. The molecule has 1 nitrogen and oxygen atoms in total. The molecule has 0 bridgehead atoms. The molecule has 0 spiro atoms. The lowest BCUT2D eigenvalue weighted by molar-refractivity contribution is 0.447. The Hall–Kier alpha value is -0.980. The average Bonchev–Trinajstić information content (AvgIpc) is 2.33. The molecule has 2 rings (SSSR count). The number of para-hydroxylation sites is 1. The van der Waals surface area contributed by atoms with E-state index in [0.29, 0.717) is 0 Å². The third kappa shape index (κ3) is 3.58. The van der Waals surface area contributed by atoms with Gasteiger partial charge in [0.25, 0.3) is 0 Å². The smallest absolute Gasteiger partial charge is 0.0366 e. The summed E-state index contributed by atoms with van der Waals surface area (Å²) in [5.41, 5.74) is 1.38. The average molecular weight is 205 g/mol. The van der Waals surface area contributed by atoms with Crippen molar-refractivity contribution in [3.05, 3.63) is 30.3 Å². The zero-order valence-corrected chi connectivity index (χ0v) is 10.2. The molecular weight excluding hydrogens is 182 g/mol. The quantitative estimate of drug-likeness (QED) is 0.671. The minimum Gasteiger partial charge on any atom is -0.371 e. The van der Waals surface area contributed by atoms with Crippen LogP contribution in [-0.4, -0.2) is 13.1 Å². The van der Waals surface area contributed by atoms with Crippen LogP contribution in [0.3, 0.4) is 0 Å². The number of anilines is 1. The first-order chi connectivity index (χ1) is 7.36. The van der Waals surface area contributed by atoms with E-state index in [1.807, 2.05) is 13.8 Å². The Balaban J connectivity index is 0.000000531. The van der Waals surface area contributed by atoms with Crippen LogP contribution >= 0.6 is 0 Å². The fourth-order valence-corrected chi connectivity index (χ4v) is 2.06. The third-order valence-corrected chi connectivity index (χ3v) is 2.78. The molecule has 0 aromatic heterocycles. The molecule has 1 aromatic carbocycles. The van der Waals surface area contributed by atoms with Crippen LogP contribution in [0.1, 0.15) is 33.6 Å². The van der Waals surface area contributed by atoms with Crippen molar-refractivity contribution in [1.82, 2.24) is 0 Å². The molecule has 0 saturated carbocycles. The van der Waals surface area contributed by atoms with E-state index in [0.717, 1.165) is 5.92 Å². The maximum absolute atomic E-state index is 2.49. The van der Waals surface area contributed by atoms with Crippen LogP contribution in [0.2, 0.25) is 0 Å². The fourth-order valence-electron chi connectivity index (χ4n) is 2.06.